The van der Waals surface area contributed by atoms with Crippen molar-refractivity contribution < 1.29 is 23.4 Å². The molecule has 9 heteroatoms. The lowest BCUT2D eigenvalue weighted by Gasteiger charge is -2.13. The molecule has 2 aromatic rings. The molecular weight excluding hydrogens is 495 g/mol. The van der Waals surface area contributed by atoms with E-state index in [0.29, 0.717) is 36.8 Å². The first kappa shape index (κ1) is 24.7. The molecule has 0 heterocycles. The van der Waals surface area contributed by atoms with Crippen molar-refractivity contribution in [2.24, 2.45) is 4.99 Å². The maximum Gasteiger partial charge on any atom is 0.387 e. The minimum absolute atomic E-state index is 0. The van der Waals surface area contributed by atoms with Gasteiger partial charge in [0.25, 0.3) is 0 Å². The zero-order valence-corrected chi connectivity index (χ0v) is 18.7. The van der Waals surface area contributed by atoms with Crippen LogP contribution in [-0.4, -0.2) is 37.9 Å². The summed E-state index contributed by atoms with van der Waals surface area (Å²) >= 11 is 0. The number of aliphatic imine (C=N–C) groups is 1. The molecule has 29 heavy (non-hydrogen) atoms. The summed E-state index contributed by atoms with van der Waals surface area (Å²) in [5.74, 6) is 1.37. The SMILES string of the molecule is CCNC(=NCc1cc(OC)ccc1OC(F)F)NCCc1cccc(O)c1.I. The van der Waals surface area contributed by atoms with E-state index in [0.717, 1.165) is 5.56 Å². The van der Waals surface area contributed by atoms with Gasteiger partial charge < -0.3 is 25.2 Å². The molecule has 6 nitrogen and oxygen atoms in total. The number of phenolic OH excluding ortho intramolecular Hbond substituents is 1. The van der Waals surface area contributed by atoms with Crippen LogP contribution in [0.2, 0.25) is 0 Å². The Labute approximate surface area is 186 Å². The number of benzene rings is 2. The quantitative estimate of drug-likeness (QED) is 0.265. The highest BCUT2D eigenvalue weighted by molar-refractivity contribution is 14.0. The van der Waals surface area contributed by atoms with Crippen molar-refractivity contribution in [3.63, 3.8) is 0 Å². The van der Waals surface area contributed by atoms with Gasteiger partial charge in [0, 0.05) is 18.7 Å². The molecule has 0 fully saturated rings. The van der Waals surface area contributed by atoms with Gasteiger partial charge in [0.2, 0.25) is 0 Å². The molecule has 0 aliphatic heterocycles. The fraction of sp³-hybridized carbons (Fsp3) is 0.350. The Kier molecular flexibility index (Phi) is 11.1. The fourth-order valence-corrected chi connectivity index (χ4v) is 2.56. The van der Waals surface area contributed by atoms with E-state index in [1.165, 1.54) is 13.2 Å². The van der Waals surface area contributed by atoms with Gasteiger partial charge in [-0.05, 0) is 49.2 Å². The lowest BCUT2D eigenvalue weighted by molar-refractivity contribution is -0.0504. The third kappa shape index (κ3) is 8.71. The standard InChI is InChI=1S/C20H25F2N3O3.HI/c1-3-23-20(24-10-9-14-5-4-6-16(26)11-14)25-13-15-12-17(27-2)7-8-18(15)28-19(21)22;/h4-8,11-12,19,26H,3,9-10,13H2,1-2H3,(H2,23,24,25);1H. The minimum atomic E-state index is -2.91. The maximum absolute atomic E-state index is 12.6. The smallest absolute Gasteiger partial charge is 0.387 e. The van der Waals surface area contributed by atoms with Crippen molar-refractivity contribution in [3.05, 3.63) is 53.6 Å². The van der Waals surface area contributed by atoms with E-state index in [2.05, 4.69) is 20.4 Å². The number of halogens is 3. The molecule has 0 spiro atoms. The van der Waals surface area contributed by atoms with Crippen LogP contribution in [0.3, 0.4) is 0 Å². The summed E-state index contributed by atoms with van der Waals surface area (Å²) < 4.78 is 35.0. The number of nitrogens with zero attached hydrogens (tertiary/aromatic N) is 1. The minimum Gasteiger partial charge on any atom is -0.508 e. The molecule has 3 N–H and O–H groups in total. The Bertz CT molecular complexity index is 791. The number of hydrogen-bond acceptors (Lipinski definition) is 4. The van der Waals surface area contributed by atoms with E-state index in [-0.39, 0.29) is 42.0 Å². The third-order valence-corrected chi connectivity index (χ3v) is 3.85. The Morgan fingerprint density at radius 1 is 1.17 bits per heavy atom. The zero-order valence-electron chi connectivity index (χ0n) is 16.3. The monoisotopic (exact) mass is 521 g/mol. The van der Waals surface area contributed by atoms with Crippen LogP contribution in [0.1, 0.15) is 18.1 Å². The van der Waals surface area contributed by atoms with Crippen LogP contribution < -0.4 is 20.1 Å². The first-order chi connectivity index (χ1) is 13.5. The average Bonchev–Trinajstić information content (AvgIpc) is 2.66. The van der Waals surface area contributed by atoms with Gasteiger partial charge >= 0.3 is 6.61 Å². The molecular formula is C20H26F2IN3O3. The Morgan fingerprint density at radius 2 is 1.97 bits per heavy atom. The topological polar surface area (TPSA) is 75.1 Å². The van der Waals surface area contributed by atoms with Crippen LogP contribution in [0.15, 0.2) is 47.5 Å². The first-order valence-electron chi connectivity index (χ1n) is 8.93. The summed E-state index contributed by atoms with van der Waals surface area (Å²) in [6.07, 6.45) is 0.692. The lowest BCUT2D eigenvalue weighted by atomic mass is 10.1. The van der Waals surface area contributed by atoms with Crippen LogP contribution in [0.5, 0.6) is 17.2 Å². The van der Waals surface area contributed by atoms with E-state index < -0.39 is 6.61 Å². The van der Waals surface area contributed by atoms with Gasteiger partial charge in [-0.3, -0.25) is 0 Å². The van der Waals surface area contributed by atoms with Crippen LogP contribution in [0, 0.1) is 0 Å². The lowest BCUT2D eigenvalue weighted by Crippen LogP contribution is -2.38. The average molecular weight is 521 g/mol. The normalized spacial score (nSPS) is 11.0. The summed E-state index contributed by atoms with van der Waals surface area (Å²) in [6, 6.07) is 11.7. The summed E-state index contributed by atoms with van der Waals surface area (Å²) in [4.78, 5) is 4.44. The second-order valence-electron chi connectivity index (χ2n) is 5.89. The van der Waals surface area contributed by atoms with Crippen LogP contribution in [-0.2, 0) is 13.0 Å². The van der Waals surface area contributed by atoms with Crippen molar-refractivity contribution in [1.82, 2.24) is 10.6 Å². The van der Waals surface area contributed by atoms with Crippen molar-refractivity contribution >= 4 is 29.9 Å². The van der Waals surface area contributed by atoms with Gasteiger partial charge in [-0.15, -0.1) is 24.0 Å². The number of hydrogen-bond donors (Lipinski definition) is 3. The Balaban J connectivity index is 0.00000420. The molecule has 0 bridgehead atoms. The molecule has 0 radical (unpaired) electrons. The summed E-state index contributed by atoms with van der Waals surface area (Å²) in [6.45, 7) is 0.402. The van der Waals surface area contributed by atoms with E-state index in [1.54, 1.807) is 30.3 Å². The number of ether oxygens (including phenoxy) is 2. The number of guanidine groups is 1. The van der Waals surface area contributed by atoms with Crippen molar-refractivity contribution in [2.75, 3.05) is 20.2 Å². The highest BCUT2D eigenvalue weighted by Gasteiger charge is 2.11. The summed E-state index contributed by atoms with van der Waals surface area (Å²) in [7, 11) is 1.50. The highest BCUT2D eigenvalue weighted by atomic mass is 127. The van der Waals surface area contributed by atoms with Crippen LogP contribution in [0.4, 0.5) is 8.78 Å². The van der Waals surface area contributed by atoms with Gasteiger partial charge in [0.15, 0.2) is 5.96 Å². The molecule has 0 amide bonds. The third-order valence-electron chi connectivity index (χ3n) is 3.85. The molecule has 160 valence electrons. The molecule has 0 aliphatic rings. The maximum atomic E-state index is 12.6. The number of methoxy groups -OCH3 is 1. The van der Waals surface area contributed by atoms with E-state index in [1.807, 2.05) is 13.0 Å². The largest absolute Gasteiger partial charge is 0.508 e. The number of phenols is 1. The fourth-order valence-electron chi connectivity index (χ4n) is 2.56. The van der Waals surface area contributed by atoms with Gasteiger partial charge in [-0.25, -0.2) is 4.99 Å². The summed E-state index contributed by atoms with van der Waals surface area (Å²) in [5.41, 5.74) is 1.48. The Hall–Kier alpha value is -2.30. The predicted molar refractivity (Wildman–Crippen MR) is 120 cm³/mol. The van der Waals surface area contributed by atoms with E-state index in [4.69, 9.17) is 4.74 Å². The molecule has 0 unspecified atom stereocenters. The van der Waals surface area contributed by atoms with Crippen LogP contribution >= 0.6 is 24.0 Å². The van der Waals surface area contributed by atoms with E-state index in [9.17, 15) is 13.9 Å². The molecule has 2 rings (SSSR count). The molecule has 0 atom stereocenters. The predicted octanol–water partition coefficient (Wildman–Crippen LogP) is 3.92. The van der Waals surface area contributed by atoms with Crippen molar-refractivity contribution in [2.45, 2.75) is 26.5 Å². The van der Waals surface area contributed by atoms with Gasteiger partial charge in [-0.1, -0.05) is 12.1 Å². The summed E-state index contributed by atoms with van der Waals surface area (Å²) in [5, 5.41) is 15.8. The van der Waals surface area contributed by atoms with E-state index >= 15 is 0 Å². The van der Waals surface area contributed by atoms with Crippen molar-refractivity contribution in [3.8, 4) is 17.2 Å². The second kappa shape index (κ2) is 13.0. The molecule has 0 saturated carbocycles. The Morgan fingerprint density at radius 3 is 2.62 bits per heavy atom. The molecule has 0 aliphatic carbocycles. The van der Waals surface area contributed by atoms with Crippen molar-refractivity contribution in [1.29, 1.82) is 0 Å². The zero-order chi connectivity index (χ0) is 20.4. The second-order valence-corrected chi connectivity index (χ2v) is 5.89. The number of rotatable bonds is 9. The highest BCUT2D eigenvalue weighted by Crippen LogP contribution is 2.26. The molecule has 0 aromatic heterocycles. The van der Waals surface area contributed by atoms with Crippen LogP contribution in [0.25, 0.3) is 0 Å². The number of aromatic hydroxyl groups is 1. The van der Waals surface area contributed by atoms with Gasteiger partial charge in [-0.2, -0.15) is 8.78 Å². The molecule has 2 aromatic carbocycles. The first-order valence-corrected chi connectivity index (χ1v) is 8.93. The van der Waals surface area contributed by atoms with Gasteiger partial charge in [0.1, 0.15) is 17.2 Å². The number of alkyl halides is 2. The molecule has 0 saturated heterocycles. The van der Waals surface area contributed by atoms with Gasteiger partial charge in [0.05, 0.1) is 13.7 Å². The number of nitrogens with one attached hydrogen (secondary N) is 2.